The summed E-state index contributed by atoms with van der Waals surface area (Å²) in [7, 11) is 0. The van der Waals surface area contributed by atoms with Crippen molar-refractivity contribution in [2.24, 2.45) is 4.99 Å². The van der Waals surface area contributed by atoms with E-state index < -0.39 is 0 Å². The maximum absolute atomic E-state index is 14.3. The Bertz CT molecular complexity index is 879. The summed E-state index contributed by atoms with van der Waals surface area (Å²) in [6.45, 7) is 17.5. The Morgan fingerprint density at radius 2 is 1.87 bits per heavy atom. The lowest BCUT2D eigenvalue weighted by atomic mass is 10.0. The SMILES string of the molecule is C=C/C(Cl)=C\N=C(CC)N1CCC(n2cc(F)c3c(C)ncnc32)CC1.CC.CCC. The van der Waals surface area contributed by atoms with Gasteiger partial charge in [0.15, 0.2) is 5.82 Å². The van der Waals surface area contributed by atoms with Crippen LogP contribution in [0.4, 0.5) is 4.39 Å². The number of halogens is 2. The van der Waals surface area contributed by atoms with Crippen molar-refractivity contribution in [1.29, 1.82) is 0 Å². The number of amidine groups is 1. The van der Waals surface area contributed by atoms with Crippen molar-refractivity contribution in [1.82, 2.24) is 19.4 Å². The first-order chi connectivity index (χ1) is 15.0. The quantitative estimate of drug-likeness (QED) is 0.286. The zero-order chi connectivity index (χ0) is 23.4. The molecular formula is C24H37ClFN5. The highest BCUT2D eigenvalue weighted by atomic mass is 35.5. The Kier molecular flexibility index (Phi) is 12.1. The van der Waals surface area contributed by atoms with E-state index in [2.05, 4.69) is 47.2 Å². The molecule has 7 heteroatoms. The lowest BCUT2D eigenvalue weighted by molar-refractivity contribution is 0.266. The van der Waals surface area contributed by atoms with Crippen molar-refractivity contribution in [3.63, 3.8) is 0 Å². The predicted molar refractivity (Wildman–Crippen MR) is 131 cm³/mol. The number of hydrogen-bond acceptors (Lipinski definition) is 3. The monoisotopic (exact) mass is 449 g/mol. The molecule has 1 aliphatic rings. The van der Waals surface area contributed by atoms with Gasteiger partial charge in [-0.05, 0) is 25.8 Å². The average molecular weight is 450 g/mol. The Balaban J connectivity index is 0.000000884. The fourth-order valence-electron chi connectivity index (χ4n) is 3.45. The molecule has 1 saturated heterocycles. The van der Waals surface area contributed by atoms with Crippen molar-refractivity contribution in [3.05, 3.63) is 47.9 Å². The summed E-state index contributed by atoms with van der Waals surface area (Å²) >= 11 is 5.95. The molecule has 0 aromatic carbocycles. The van der Waals surface area contributed by atoms with Gasteiger partial charge < -0.3 is 9.47 Å². The summed E-state index contributed by atoms with van der Waals surface area (Å²) < 4.78 is 16.3. The molecule has 0 unspecified atom stereocenters. The van der Waals surface area contributed by atoms with Gasteiger partial charge in [-0.25, -0.2) is 19.4 Å². The summed E-state index contributed by atoms with van der Waals surface area (Å²) in [5.41, 5.74) is 1.36. The van der Waals surface area contributed by atoms with E-state index in [9.17, 15) is 4.39 Å². The molecule has 1 fully saturated rings. The molecule has 0 bridgehead atoms. The van der Waals surface area contributed by atoms with Crippen molar-refractivity contribution in [2.75, 3.05) is 13.1 Å². The Labute approximate surface area is 191 Å². The number of hydrogen-bond donors (Lipinski definition) is 0. The van der Waals surface area contributed by atoms with E-state index >= 15 is 0 Å². The zero-order valence-corrected chi connectivity index (χ0v) is 20.6. The van der Waals surface area contributed by atoms with Gasteiger partial charge in [0.05, 0.1) is 16.1 Å². The van der Waals surface area contributed by atoms with E-state index in [1.54, 1.807) is 18.5 Å². The van der Waals surface area contributed by atoms with Crippen molar-refractivity contribution < 1.29 is 4.39 Å². The van der Waals surface area contributed by atoms with Crippen LogP contribution in [0.15, 0.2) is 41.4 Å². The summed E-state index contributed by atoms with van der Waals surface area (Å²) in [5, 5.41) is 1.05. The number of aryl methyl sites for hydroxylation is 1. The van der Waals surface area contributed by atoms with Crippen molar-refractivity contribution >= 4 is 28.5 Å². The average Bonchev–Trinajstić information content (AvgIpc) is 3.14. The largest absolute Gasteiger partial charge is 0.360 e. The predicted octanol–water partition coefficient (Wildman–Crippen LogP) is 7.03. The lowest BCUT2D eigenvalue weighted by Crippen LogP contribution is -2.38. The molecule has 0 aliphatic carbocycles. The first-order valence-corrected chi connectivity index (χ1v) is 11.6. The normalized spacial score (nSPS) is 15.2. The van der Waals surface area contributed by atoms with Crippen LogP contribution >= 0.6 is 11.6 Å². The van der Waals surface area contributed by atoms with E-state index in [-0.39, 0.29) is 11.9 Å². The third kappa shape index (κ3) is 7.17. The minimum absolute atomic E-state index is 0.220. The topological polar surface area (TPSA) is 46.3 Å². The van der Waals surface area contributed by atoms with Crippen LogP contribution in [0.5, 0.6) is 0 Å². The number of aliphatic imine (C=N–C) groups is 1. The fourth-order valence-corrected chi connectivity index (χ4v) is 3.50. The highest BCUT2D eigenvalue weighted by Crippen LogP contribution is 2.29. The Morgan fingerprint density at radius 3 is 2.42 bits per heavy atom. The van der Waals surface area contributed by atoms with E-state index in [0.717, 1.165) is 38.2 Å². The first kappa shape index (κ1) is 26.8. The molecular weight excluding hydrogens is 413 g/mol. The van der Waals surface area contributed by atoms with Gasteiger partial charge in [-0.1, -0.05) is 59.2 Å². The van der Waals surface area contributed by atoms with Crippen LogP contribution in [-0.2, 0) is 0 Å². The molecule has 3 rings (SSSR count). The number of fused-ring (bicyclic) bond motifs is 1. The molecule has 1 aliphatic heterocycles. The van der Waals surface area contributed by atoms with Gasteiger partial charge in [0.1, 0.15) is 17.8 Å². The van der Waals surface area contributed by atoms with E-state index in [1.165, 1.54) is 12.7 Å². The molecule has 172 valence electrons. The summed E-state index contributed by atoms with van der Waals surface area (Å²) in [6.07, 6.45) is 10.2. The second-order valence-corrected chi connectivity index (χ2v) is 7.52. The van der Waals surface area contributed by atoms with Gasteiger partial charge in [-0.15, -0.1) is 0 Å². The van der Waals surface area contributed by atoms with Gasteiger partial charge in [0.25, 0.3) is 0 Å². The van der Waals surface area contributed by atoms with Gasteiger partial charge >= 0.3 is 0 Å². The molecule has 0 radical (unpaired) electrons. The second-order valence-electron chi connectivity index (χ2n) is 7.08. The minimum atomic E-state index is -0.249. The van der Waals surface area contributed by atoms with Crippen LogP contribution in [0.25, 0.3) is 11.0 Å². The maximum atomic E-state index is 14.3. The Hall–Kier alpha value is -2.21. The van der Waals surface area contributed by atoms with E-state index in [0.29, 0.717) is 21.8 Å². The van der Waals surface area contributed by atoms with Gasteiger partial charge in [-0.2, -0.15) is 0 Å². The molecule has 2 aromatic rings. The van der Waals surface area contributed by atoms with Crippen molar-refractivity contribution in [2.45, 2.75) is 73.3 Å². The molecule has 0 saturated carbocycles. The Morgan fingerprint density at radius 1 is 1.26 bits per heavy atom. The maximum Gasteiger partial charge on any atom is 0.152 e. The minimum Gasteiger partial charge on any atom is -0.360 e. The number of likely N-dealkylation sites (tertiary alicyclic amines) is 1. The number of nitrogens with zero attached hydrogens (tertiary/aromatic N) is 5. The third-order valence-corrected chi connectivity index (χ3v) is 5.08. The van der Waals surface area contributed by atoms with Crippen LogP contribution in [0.1, 0.15) is 72.0 Å². The molecule has 3 heterocycles. The third-order valence-electron chi connectivity index (χ3n) is 4.82. The molecule has 0 amide bonds. The summed E-state index contributed by atoms with van der Waals surface area (Å²) in [6, 6.07) is 0.220. The molecule has 0 N–H and O–H groups in total. The van der Waals surface area contributed by atoms with Crippen LogP contribution in [0.2, 0.25) is 0 Å². The second kappa shape index (κ2) is 14.0. The summed E-state index contributed by atoms with van der Waals surface area (Å²) in [4.78, 5) is 15.2. The fraction of sp³-hybridized carbons (Fsp3) is 0.542. The molecule has 2 aromatic heterocycles. The van der Waals surface area contributed by atoms with Crippen LogP contribution < -0.4 is 0 Å². The number of rotatable bonds is 4. The summed E-state index contributed by atoms with van der Waals surface area (Å²) in [5.74, 6) is 0.755. The van der Waals surface area contributed by atoms with Gasteiger partial charge in [0.2, 0.25) is 0 Å². The number of aromatic nitrogens is 3. The van der Waals surface area contributed by atoms with Gasteiger partial charge in [0, 0.05) is 37.9 Å². The van der Waals surface area contributed by atoms with E-state index in [1.807, 2.05) is 25.3 Å². The zero-order valence-electron chi connectivity index (χ0n) is 19.8. The van der Waals surface area contributed by atoms with Crippen LogP contribution in [0.3, 0.4) is 0 Å². The number of allylic oxidation sites excluding steroid dienone is 2. The van der Waals surface area contributed by atoms with Crippen molar-refractivity contribution in [3.8, 4) is 0 Å². The lowest BCUT2D eigenvalue weighted by Gasteiger charge is -2.34. The first-order valence-electron chi connectivity index (χ1n) is 11.2. The van der Waals surface area contributed by atoms with E-state index in [4.69, 9.17) is 11.6 Å². The highest BCUT2D eigenvalue weighted by Gasteiger charge is 2.25. The van der Waals surface area contributed by atoms with Crippen LogP contribution in [0, 0.1) is 12.7 Å². The standard InChI is InChI=1S/C19H23ClFN5.C3H8.C2H6/c1-4-14(20)10-22-17(5-2)25-8-6-15(7-9-25)26-11-16(21)18-13(3)23-12-24-19(18)26;1-3-2;1-2/h4,10-12,15H,1,5-9H2,2-3H3;3H2,1-2H3;1-2H3/b14-10+,22-17?;;. The number of piperidine rings is 1. The molecule has 0 atom stereocenters. The molecule has 5 nitrogen and oxygen atoms in total. The molecule has 31 heavy (non-hydrogen) atoms. The van der Waals surface area contributed by atoms with Gasteiger partial charge in [-0.3, -0.25) is 0 Å². The smallest absolute Gasteiger partial charge is 0.152 e. The van der Waals surface area contributed by atoms with Crippen LogP contribution in [-0.4, -0.2) is 38.4 Å². The highest BCUT2D eigenvalue weighted by molar-refractivity contribution is 6.31. The molecule has 0 spiro atoms.